The summed E-state index contributed by atoms with van der Waals surface area (Å²) in [6.07, 6.45) is 3.08. The van der Waals surface area contributed by atoms with Crippen LogP contribution in [0.3, 0.4) is 0 Å². The van der Waals surface area contributed by atoms with Crippen molar-refractivity contribution in [3.8, 4) is 0 Å². The van der Waals surface area contributed by atoms with Crippen molar-refractivity contribution in [1.82, 2.24) is 0 Å². The number of hydrogen-bond acceptors (Lipinski definition) is 2. The Kier molecular flexibility index (Phi) is 14.1. The van der Waals surface area contributed by atoms with Crippen LogP contribution < -0.4 is 0 Å². The molecule has 0 spiro atoms. The lowest BCUT2D eigenvalue weighted by atomic mass is 10.3. The Hall–Kier alpha value is -0.370. The van der Waals surface area contributed by atoms with Crippen LogP contribution in [0.4, 0.5) is 0 Å². The Balaban J connectivity index is 0. The van der Waals surface area contributed by atoms with E-state index in [-0.39, 0.29) is 0 Å². The Morgan fingerprint density at radius 3 is 2.00 bits per heavy atom. The Bertz CT molecular complexity index is 49.2. The molecule has 62 valence electrons. The minimum Gasteiger partial charge on any atom is -0.379 e. The Morgan fingerprint density at radius 2 is 1.90 bits per heavy atom. The predicted molar refractivity (Wildman–Crippen MR) is 43.1 cm³/mol. The van der Waals surface area contributed by atoms with Crippen molar-refractivity contribution in [2.75, 3.05) is 6.61 Å². The molecule has 1 rings (SSSR count). The zero-order valence-corrected chi connectivity index (χ0v) is 7.22. The van der Waals surface area contributed by atoms with E-state index in [9.17, 15) is 0 Å². The molecule has 1 aliphatic rings. The second-order valence-corrected chi connectivity index (χ2v) is 1.82. The summed E-state index contributed by atoms with van der Waals surface area (Å²) in [5.41, 5.74) is 0. The Morgan fingerprint density at radius 1 is 1.40 bits per heavy atom. The number of hydrogen-bond donors (Lipinski definition) is 0. The van der Waals surface area contributed by atoms with Gasteiger partial charge in [0.2, 0.25) is 0 Å². The van der Waals surface area contributed by atoms with Gasteiger partial charge < -0.3 is 9.53 Å². The first-order valence-electron chi connectivity index (χ1n) is 3.80. The topological polar surface area (TPSA) is 26.3 Å². The molecule has 0 aliphatic carbocycles. The average Bonchev–Trinajstić information content (AvgIpc) is 2.48. The summed E-state index contributed by atoms with van der Waals surface area (Å²) in [7, 11) is 0. The lowest BCUT2D eigenvalue weighted by molar-refractivity contribution is -0.0979. The molecule has 1 aliphatic heterocycles. The van der Waals surface area contributed by atoms with Crippen molar-refractivity contribution in [3.05, 3.63) is 0 Å². The van der Waals surface area contributed by atoms with Crippen LogP contribution in [0.5, 0.6) is 0 Å². The third-order valence-corrected chi connectivity index (χ3v) is 1.16. The fourth-order valence-electron chi connectivity index (χ4n) is 0.739. The quantitative estimate of drug-likeness (QED) is 0.522. The smallest absolute Gasteiger partial charge is 0.106 e. The van der Waals surface area contributed by atoms with Gasteiger partial charge in [-0.25, -0.2) is 0 Å². The maximum atomic E-state index is 8.00. The molecule has 0 aromatic heterocycles. The van der Waals surface area contributed by atoms with E-state index in [4.69, 9.17) is 9.53 Å². The van der Waals surface area contributed by atoms with E-state index >= 15 is 0 Å². The molecule has 0 aromatic carbocycles. The lowest BCUT2D eigenvalue weighted by Gasteiger charge is -1.94. The van der Waals surface area contributed by atoms with Gasteiger partial charge in [-0.05, 0) is 19.8 Å². The molecule has 1 unspecified atom stereocenters. The highest BCUT2D eigenvalue weighted by molar-refractivity contribution is 5.10. The summed E-state index contributed by atoms with van der Waals surface area (Å²) in [4.78, 5) is 8.00. The fraction of sp³-hybridized carbons (Fsp3) is 0.875. The summed E-state index contributed by atoms with van der Waals surface area (Å²) < 4.78 is 5.15. The van der Waals surface area contributed by atoms with Crippen molar-refractivity contribution in [1.29, 1.82) is 0 Å². The predicted octanol–water partition coefficient (Wildman–Crippen LogP) is 2.03. The van der Waals surface area contributed by atoms with Gasteiger partial charge in [0, 0.05) is 6.61 Å². The third kappa shape index (κ3) is 7.63. The highest BCUT2D eigenvalue weighted by Crippen LogP contribution is 2.09. The lowest BCUT2D eigenvalue weighted by Crippen LogP contribution is -1.94. The number of carbonyl (C=O) groups is 1. The van der Waals surface area contributed by atoms with Gasteiger partial charge in [0.1, 0.15) is 6.79 Å². The van der Waals surface area contributed by atoms with E-state index in [0.717, 1.165) is 6.61 Å². The normalized spacial score (nSPS) is 21.7. The van der Waals surface area contributed by atoms with E-state index in [1.807, 2.05) is 20.6 Å². The van der Waals surface area contributed by atoms with Gasteiger partial charge in [0.15, 0.2) is 0 Å². The second kappa shape index (κ2) is 11.4. The molecule has 0 radical (unpaired) electrons. The van der Waals surface area contributed by atoms with Gasteiger partial charge in [-0.2, -0.15) is 0 Å². The van der Waals surface area contributed by atoms with Crippen molar-refractivity contribution in [2.24, 2.45) is 0 Å². The van der Waals surface area contributed by atoms with Crippen LogP contribution in [0.1, 0.15) is 33.6 Å². The van der Waals surface area contributed by atoms with E-state index in [1.165, 1.54) is 12.8 Å². The Labute approximate surface area is 63.6 Å². The molecule has 0 bridgehead atoms. The molecular formula is C8H18O2. The molecule has 2 heteroatoms. The first-order chi connectivity index (χ1) is 4.89. The van der Waals surface area contributed by atoms with Crippen molar-refractivity contribution < 1.29 is 9.53 Å². The van der Waals surface area contributed by atoms with Crippen LogP contribution in [0.2, 0.25) is 0 Å². The molecule has 1 heterocycles. The van der Waals surface area contributed by atoms with Crippen molar-refractivity contribution in [3.63, 3.8) is 0 Å². The number of rotatable bonds is 0. The maximum Gasteiger partial charge on any atom is 0.106 e. The first-order valence-corrected chi connectivity index (χ1v) is 3.80. The minimum atomic E-state index is 0.546. The molecule has 2 nitrogen and oxygen atoms in total. The molecule has 0 aromatic rings. The number of ether oxygens (including phenoxy) is 1. The third-order valence-electron chi connectivity index (χ3n) is 1.16. The van der Waals surface area contributed by atoms with Gasteiger partial charge in [-0.15, -0.1) is 0 Å². The first kappa shape index (κ1) is 12.3. The van der Waals surface area contributed by atoms with Crippen molar-refractivity contribution >= 4 is 6.79 Å². The molecular weight excluding hydrogens is 128 g/mol. The van der Waals surface area contributed by atoms with Crippen LogP contribution in [-0.2, 0) is 9.53 Å². The molecule has 10 heavy (non-hydrogen) atoms. The molecule has 0 N–H and O–H groups in total. The van der Waals surface area contributed by atoms with Crippen LogP contribution in [0, 0.1) is 0 Å². The van der Waals surface area contributed by atoms with Crippen LogP contribution in [0.25, 0.3) is 0 Å². The zero-order chi connectivity index (χ0) is 8.41. The molecule has 1 atom stereocenters. The van der Waals surface area contributed by atoms with E-state index in [1.54, 1.807) is 0 Å². The fourth-order valence-corrected chi connectivity index (χ4v) is 0.739. The zero-order valence-electron chi connectivity index (χ0n) is 7.22. The standard InChI is InChI=1S/C5H10O.C2H6.CH2O/c1-5-3-2-4-6-5;2*1-2/h5H,2-4H2,1H3;1-2H3;1H2. The van der Waals surface area contributed by atoms with Gasteiger partial charge in [0.05, 0.1) is 6.10 Å². The van der Waals surface area contributed by atoms with Gasteiger partial charge >= 0.3 is 0 Å². The minimum absolute atomic E-state index is 0.546. The summed E-state index contributed by atoms with van der Waals surface area (Å²) in [5, 5.41) is 0. The van der Waals surface area contributed by atoms with E-state index < -0.39 is 0 Å². The maximum absolute atomic E-state index is 8.00. The highest BCUT2D eigenvalue weighted by atomic mass is 16.5. The highest BCUT2D eigenvalue weighted by Gasteiger charge is 2.07. The van der Waals surface area contributed by atoms with Gasteiger partial charge in [0.25, 0.3) is 0 Å². The van der Waals surface area contributed by atoms with Gasteiger partial charge in [-0.1, -0.05) is 13.8 Å². The largest absolute Gasteiger partial charge is 0.379 e. The molecule has 1 saturated heterocycles. The average molecular weight is 146 g/mol. The van der Waals surface area contributed by atoms with Crippen molar-refractivity contribution in [2.45, 2.75) is 39.7 Å². The number of carbonyl (C=O) groups excluding carboxylic acids is 1. The summed E-state index contributed by atoms with van der Waals surface area (Å²) >= 11 is 0. The monoisotopic (exact) mass is 146 g/mol. The summed E-state index contributed by atoms with van der Waals surface area (Å²) in [6.45, 7) is 9.11. The summed E-state index contributed by atoms with van der Waals surface area (Å²) in [6, 6.07) is 0. The van der Waals surface area contributed by atoms with Crippen LogP contribution >= 0.6 is 0 Å². The molecule has 0 saturated carbocycles. The molecule has 0 amide bonds. The van der Waals surface area contributed by atoms with Crippen LogP contribution in [-0.4, -0.2) is 19.5 Å². The summed E-state index contributed by atoms with van der Waals surface area (Å²) in [5.74, 6) is 0. The van der Waals surface area contributed by atoms with Gasteiger partial charge in [-0.3, -0.25) is 0 Å². The van der Waals surface area contributed by atoms with E-state index in [2.05, 4.69) is 6.92 Å². The second-order valence-electron chi connectivity index (χ2n) is 1.82. The molecule has 1 fully saturated rings. The van der Waals surface area contributed by atoms with E-state index in [0.29, 0.717) is 6.10 Å². The SMILES string of the molecule is C=O.CC.CC1CCCO1. The van der Waals surface area contributed by atoms with Crippen LogP contribution in [0.15, 0.2) is 0 Å².